The van der Waals surface area contributed by atoms with Crippen molar-refractivity contribution in [2.24, 2.45) is 0 Å². The zero-order valence-corrected chi connectivity index (χ0v) is 35.5. The highest BCUT2D eigenvalue weighted by Crippen LogP contribution is 2.52. The van der Waals surface area contributed by atoms with Gasteiger partial charge >= 0.3 is 0 Å². The van der Waals surface area contributed by atoms with Crippen molar-refractivity contribution in [3.8, 4) is 44.5 Å². The zero-order valence-electron chi connectivity index (χ0n) is 35.5. The van der Waals surface area contributed by atoms with Crippen LogP contribution in [0.4, 0.5) is 34.1 Å². The van der Waals surface area contributed by atoms with E-state index in [1.807, 2.05) is 0 Å². The molecule has 0 spiro atoms. The summed E-state index contributed by atoms with van der Waals surface area (Å²) in [7, 11) is 0. The van der Waals surface area contributed by atoms with Crippen molar-refractivity contribution >= 4 is 55.7 Å². The molecule has 0 bridgehead atoms. The quantitative estimate of drug-likeness (QED) is 0.151. The maximum absolute atomic E-state index is 2.44. The van der Waals surface area contributed by atoms with Crippen molar-refractivity contribution in [3.63, 3.8) is 0 Å². The maximum atomic E-state index is 2.44. The summed E-state index contributed by atoms with van der Waals surface area (Å²) < 4.78 is 0. The van der Waals surface area contributed by atoms with E-state index in [1.54, 1.807) is 0 Å². The Bertz CT molecular complexity index is 3080. The van der Waals surface area contributed by atoms with E-state index in [1.165, 1.54) is 99.7 Å². The van der Waals surface area contributed by atoms with Crippen molar-refractivity contribution in [2.45, 2.75) is 27.7 Å². The summed E-state index contributed by atoms with van der Waals surface area (Å²) in [6, 6.07) is 75.9. The van der Waals surface area contributed by atoms with Crippen LogP contribution >= 0.6 is 0 Å². The Labute approximate surface area is 364 Å². The van der Waals surface area contributed by atoms with Crippen molar-refractivity contribution in [2.75, 3.05) is 9.80 Å². The van der Waals surface area contributed by atoms with Crippen LogP contribution in [0, 0.1) is 27.7 Å². The van der Waals surface area contributed by atoms with Gasteiger partial charge in [0.2, 0.25) is 0 Å². The van der Waals surface area contributed by atoms with Gasteiger partial charge in [-0.2, -0.15) is 0 Å². The molecule has 2 nitrogen and oxygen atoms in total. The van der Waals surface area contributed by atoms with Crippen molar-refractivity contribution < 1.29 is 0 Å². The Morgan fingerprint density at radius 2 is 0.565 bits per heavy atom. The van der Waals surface area contributed by atoms with Gasteiger partial charge in [0.05, 0.1) is 11.4 Å². The van der Waals surface area contributed by atoms with E-state index in [-0.39, 0.29) is 0 Å². The van der Waals surface area contributed by atoms with E-state index < -0.39 is 0 Å². The number of hydrogen-bond acceptors (Lipinski definition) is 2. The fourth-order valence-electron chi connectivity index (χ4n) is 9.72. The first-order valence-electron chi connectivity index (χ1n) is 21.6. The molecule has 0 unspecified atom stereocenters. The van der Waals surface area contributed by atoms with Gasteiger partial charge in [-0.05, 0) is 189 Å². The van der Waals surface area contributed by atoms with Crippen LogP contribution in [0.1, 0.15) is 22.3 Å². The normalized spacial score (nSPS) is 11.5. The fourth-order valence-corrected chi connectivity index (χ4v) is 9.72. The molecule has 0 aliphatic heterocycles. The predicted molar refractivity (Wildman–Crippen MR) is 265 cm³/mol. The SMILES string of the molecule is Cc1cccc(C)c1N(c1cccc(-c2ccccc2)c1)c1ccc2cc3c(cc2c1)-c1cc2cc(N(c4cccc(-c5ccccc5)c4)c4c(C)cccc4C)ccc2cc1-3. The molecule has 0 atom stereocenters. The van der Waals surface area contributed by atoms with E-state index in [4.69, 9.17) is 0 Å². The average molecular weight is 795 g/mol. The average Bonchev–Trinajstić information content (AvgIpc) is 3.31. The first-order chi connectivity index (χ1) is 30.4. The number of aryl methyl sites for hydroxylation is 4. The van der Waals surface area contributed by atoms with Gasteiger partial charge in [-0.3, -0.25) is 0 Å². The van der Waals surface area contributed by atoms with Crippen LogP contribution in [0.3, 0.4) is 0 Å². The lowest BCUT2D eigenvalue weighted by Gasteiger charge is -2.30. The third-order valence-electron chi connectivity index (χ3n) is 12.8. The number of rotatable bonds is 8. The lowest BCUT2D eigenvalue weighted by molar-refractivity contribution is 1.22. The molecule has 10 aromatic rings. The Morgan fingerprint density at radius 3 is 0.952 bits per heavy atom. The summed E-state index contributed by atoms with van der Waals surface area (Å²) in [5, 5.41) is 4.96. The van der Waals surface area contributed by atoms with Crippen LogP contribution in [-0.2, 0) is 0 Å². The zero-order chi connectivity index (χ0) is 41.9. The second-order valence-electron chi connectivity index (χ2n) is 16.8. The van der Waals surface area contributed by atoms with Crippen LogP contribution < -0.4 is 9.80 Å². The van der Waals surface area contributed by atoms with Crippen molar-refractivity contribution in [1.29, 1.82) is 0 Å². The molecule has 11 rings (SSSR count). The predicted octanol–water partition coefficient (Wildman–Crippen LogP) is 17.1. The van der Waals surface area contributed by atoms with Crippen LogP contribution in [-0.4, -0.2) is 0 Å². The molecule has 0 heterocycles. The minimum Gasteiger partial charge on any atom is -0.310 e. The second-order valence-corrected chi connectivity index (χ2v) is 16.8. The Kier molecular flexibility index (Phi) is 9.09. The molecule has 0 fully saturated rings. The molecule has 296 valence electrons. The van der Waals surface area contributed by atoms with Gasteiger partial charge in [-0.15, -0.1) is 0 Å². The molecule has 0 amide bonds. The van der Waals surface area contributed by atoms with Gasteiger partial charge in [0, 0.05) is 22.7 Å². The molecular formula is C60H46N2. The molecule has 0 radical (unpaired) electrons. The van der Waals surface area contributed by atoms with Crippen LogP contribution in [0.15, 0.2) is 206 Å². The number of benzene rings is 10. The Hall–Kier alpha value is -7.68. The fraction of sp³-hybridized carbons (Fsp3) is 0.0667. The molecule has 1 aliphatic rings. The lowest BCUT2D eigenvalue weighted by atomic mass is 9.78. The van der Waals surface area contributed by atoms with E-state index >= 15 is 0 Å². The molecule has 0 saturated carbocycles. The smallest absolute Gasteiger partial charge is 0.0519 e. The maximum Gasteiger partial charge on any atom is 0.0519 e. The van der Waals surface area contributed by atoms with Crippen LogP contribution in [0.25, 0.3) is 66.1 Å². The molecule has 0 N–H and O–H groups in total. The summed E-state index contributed by atoms with van der Waals surface area (Å²) in [6.07, 6.45) is 0. The van der Waals surface area contributed by atoms with E-state index in [2.05, 4.69) is 244 Å². The molecule has 2 heteroatoms. The highest BCUT2D eigenvalue weighted by molar-refractivity contribution is 6.12. The number of hydrogen-bond donors (Lipinski definition) is 0. The Morgan fingerprint density at radius 1 is 0.242 bits per heavy atom. The summed E-state index contributed by atoms with van der Waals surface area (Å²) in [4.78, 5) is 4.88. The minimum absolute atomic E-state index is 1.14. The van der Waals surface area contributed by atoms with E-state index in [0.717, 1.165) is 22.7 Å². The first kappa shape index (κ1) is 37.3. The molecule has 10 aromatic carbocycles. The van der Waals surface area contributed by atoms with E-state index in [9.17, 15) is 0 Å². The number of fused-ring (bicyclic) bond motifs is 6. The van der Waals surface area contributed by atoms with Gasteiger partial charge in [0.15, 0.2) is 0 Å². The number of anilines is 6. The summed E-state index contributed by atoms with van der Waals surface area (Å²) in [6.45, 7) is 8.87. The van der Waals surface area contributed by atoms with Crippen molar-refractivity contribution in [1.82, 2.24) is 0 Å². The third kappa shape index (κ3) is 6.44. The van der Waals surface area contributed by atoms with Gasteiger partial charge in [-0.1, -0.05) is 133 Å². The standard InChI is InChI=1S/C60H46N2/c1-39-15-11-16-40(2)59(39)61(51-25-13-23-45(31-51)43-19-7-5-8-20-43)53-29-27-47-35-55-56-36-48-28-30-54(34-50(48)38-58(56)57(55)37-49(47)33-53)62(60-41(3)17-12-18-42(60)4)52-26-14-24-46(32-52)44-21-9-6-10-22-44/h5-38H,1-4H3. The van der Waals surface area contributed by atoms with Gasteiger partial charge in [-0.25, -0.2) is 0 Å². The number of nitrogens with zero attached hydrogens (tertiary/aromatic N) is 2. The largest absolute Gasteiger partial charge is 0.310 e. The molecule has 1 aliphatic carbocycles. The topological polar surface area (TPSA) is 6.48 Å². The first-order valence-corrected chi connectivity index (χ1v) is 21.6. The van der Waals surface area contributed by atoms with Gasteiger partial charge < -0.3 is 9.80 Å². The molecule has 0 aromatic heterocycles. The Balaban J connectivity index is 1.01. The van der Waals surface area contributed by atoms with Crippen molar-refractivity contribution in [3.05, 3.63) is 229 Å². The number of para-hydroxylation sites is 2. The molecule has 62 heavy (non-hydrogen) atoms. The third-order valence-corrected chi connectivity index (χ3v) is 12.8. The van der Waals surface area contributed by atoms with Crippen LogP contribution in [0.5, 0.6) is 0 Å². The lowest BCUT2D eigenvalue weighted by Crippen LogP contribution is -2.13. The molecular weight excluding hydrogens is 749 g/mol. The summed E-state index contributed by atoms with van der Waals surface area (Å²) in [5.74, 6) is 0. The monoisotopic (exact) mass is 794 g/mol. The van der Waals surface area contributed by atoms with Gasteiger partial charge in [0.25, 0.3) is 0 Å². The van der Waals surface area contributed by atoms with E-state index in [0.29, 0.717) is 0 Å². The summed E-state index contributed by atoms with van der Waals surface area (Å²) >= 11 is 0. The minimum atomic E-state index is 1.14. The molecule has 0 saturated heterocycles. The highest BCUT2D eigenvalue weighted by atomic mass is 15.2. The summed E-state index contributed by atoms with van der Waals surface area (Å²) in [5.41, 5.74) is 22.1. The van der Waals surface area contributed by atoms with Crippen LogP contribution in [0.2, 0.25) is 0 Å². The van der Waals surface area contributed by atoms with Gasteiger partial charge in [0.1, 0.15) is 0 Å². The highest BCUT2D eigenvalue weighted by Gasteiger charge is 2.26. The second kappa shape index (κ2) is 15.1.